The van der Waals surface area contributed by atoms with E-state index >= 15 is 8.78 Å². The normalized spacial score (nSPS) is 22.7. The Morgan fingerprint density at radius 1 is 1.19 bits per heavy atom. The lowest BCUT2D eigenvalue weighted by atomic mass is 9.93. The van der Waals surface area contributed by atoms with Crippen molar-refractivity contribution in [2.24, 2.45) is 0 Å². The molecule has 0 bridgehead atoms. The fourth-order valence-corrected chi connectivity index (χ4v) is 5.16. The molecule has 3 heterocycles. The fraction of sp³-hybridized carbons (Fsp3) is 0.462. The molecule has 1 aliphatic heterocycles. The van der Waals surface area contributed by atoms with E-state index in [9.17, 15) is 15.0 Å². The van der Waals surface area contributed by atoms with Crippen LogP contribution in [0.4, 0.5) is 19.3 Å². The smallest absolute Gasteiger partial charge is 0.407 e. The number of carbonyl (C=O) groups is 1. The van der Waals surface area contributed by atoms with Gasteiger partial charge in [-0.3, -0.25) is 0 Å². The third-order valence-corrected chi connectivity index (χ3v) is 7.06. The molecule has 2 aliphatic rings. The summed E-state index contributed by atoms with van der Waals surface area (Å²) in [5.74, 6) is -1.46. The fourth-order valence-electron chi connectivity index (χ4n) is 5.16. The van der Waals surface area contributed by atoms with Gasteiger partial charge < -0.3 is 29.6 Å². The summed E-state index contributed by atoms with van der Waals surface area (Å²) in [5.41, 5.74) is 2.37. The first-order valence-electron chi connectivity index (χ1n) is 12.3. The van der Waals surface area contributed by atoms with E-state index < -0.39 is 23.8 Å². The highest BCUT2D eigenvalue weighted by Gasteiger charge is 2.29. The number of halogens is 2. The molecule has 192 valence electrons. The van der Waals surface area contributed by atoms with E-state index in [0.29, 0.717) is 29.9 Å². The summed E-state index contributed by atoms with van der Waals surface area (Å²) >= 11 is 0. The molecule has 0 radical (unpaired) electrons. The lowest BCUT2D eigenvalue weighted by molar-refractivity contribution is -0.0214. The molecule has 1 atom stereocenters. The van der Waals surface area contributed by atoms with E-state index in [4.69, 9.17) is 4.74 Å². The van der Waals surface area contributed by atoms with Crippen LogP contribution in [-0.4, -0.2) is 68.5 Å². The second kappa shape index (κ2) is 10.0. The Labute approximate surface area is 207 Å². The first kappa shape index (κ1) is 24.5. The van der Waals surface area contributed by atoms with Crippen LogP contribution in [0.15, 0.2) is 30.5 Å². The molecule has 8 nitrogen and oxygen atoms in total. The SMILES string of the molecule is Cc1ccn2c(C[C@H]3CN(C(=O)O)CCO3)c(-c3c(F)cc(NC4CCC(O)CC4)cc3F)nc2c1. The Kier molecular flexibility index (Phi) is 6.81. The summed E-state index contributed by atoms with van der Waals surface area (Å²) in [4.78, 5) is 17.3. The zero-order valence-electron chi connectivity index (χ0n) is 20.1. The van der Waals surface area contributed by atoms with Crippen LogP contribution in [0.5, 0.6) is 0 Å². The Bertz CT molecular complexity index is 1250. The molecule has 1 saturated heterocycles. The summed E-state index contributed by atoms with van der Waals surface area (Å²) in [5, 5.41) is 22.3. The Morgan fingerprint density at radius 2 is 1.92 bits per heavy atom. The highest BCUT2D eigenvalue weighted by molar-refractivity contribution is 5.70. The van der Waals surface area contributed by atoms with Crippen LogP contribution in [0.25, 0.3) is 16.9 Å². The van der Waals surface area contributed by atoms with E-state index in [2.05, 4.69) is 10.3 Å². The average Bonchev–Trinajstić information content (AvgIpc) is 3.17. The maximum Gasteiger partial charge on any atom is 0.407 e. The molecule has 1 aliphatic carbocycles. The van der Waals surface area contributed by atoms with Gasteiger partial charge in [-0.05, 0) is 62.4 Å². The van der Waals surface area contributed by atoms with Gasteiger partial charge in [-0.15, -0.1) is 0 Å². The lowest BCUT2D eigenvalue weighted by Gasteiger charge is -2.31. The second-order valence-electron chi connectivity index (χ2n) is 9.73. The molecule has 1 saturated carbocycles. The number of rotatable bonds is 5. The van der Waals surface area contributed by atoms with Gasteiger partial charge in [0.1, 0.15) is 17.3 Å². The molecule has 2 fully saturated rings. The van der Waals surface area contributed by atoms with E-state index in [1.807, 2.05) is 19.1 Å². The topological polar surface area (TPSA) is 99.3 Å². The van der Waals surface area contributed by atoms with E-state index in [1.54, 1.807) is 10.6 Å². The number of aliphatic hydroxyl groups is 1. The molecular formula is C26H30F2N4O4. The summed E-state index contributed by atoms with van der Waals surface area (Å²) in [6.07, 6.45) is 3.03. The maximum atomic E-state index is 15.5. The van der Waals surface area contributed by atoms with Crippen LogP contribution in [0.3, 0.4) is 0 Å². The molecule has 36 heavy (non-hydrogen) atoms. The number of hydrogen-bond donors (Lipinski definition) is 3. The Balaban J connectivity index is 1.49. The van der Waals surface area contributed by atoms with Gasteiger partial charge in [-0.25, -0.2) is 18.6 Å². The summed E-state index contributed by atoms with van der Waals surface area (Å²) in [6.45, 7) is 2.61. The highest BCUT2D eigenvalue weighted by Crippen LogP contribution is 2.34. The minimum absolute atomic E-state index is 0.0485. The van der Waals surface area contributed by atoms with Crippen molar-refractivity contribution in [3.63, 3.8) is 0 Å². The van der Waals surface area contributed by atoms with Crippen molar-refractivity contribution in [3.8, 4) is 11.3 Å². The van der Waals surface area contributed by atoms with E-state index in [0.717, 1.165) is 18.4 Å². The van der Waals surface area contributed by atoms with Crippen LogP contribution in [0.2, 0.25) is 0 Å². The lowest BCUT2D eigenvalue weighted by Crippen LogP contribution is -2.45. The second-order valence-corrected chi connectivity index (χ2v) is 9.73. The van der Waals surface area contributed by atoms with Crippen molar-refractivity contribution in [2.45, 2.75) is 57.3 Å². The number of anilines is 1. The zero-order chi connectivity index (χ0) is 25.4. The molecule has 1 aromatic carbocycles. The minimum atomic E-state index is -1.02. The quantitative estimate of drug-likeness (QED) is 0.485. The van der Waals surface area contributed by atoms with Gasteiger partial charge in [0.05, 0.1) is 42.3 Å². The highest BCUT2D eigenvalue weighted by atomic mass is 19.1. The van der Waals surface area contributed by atoms with Gasteiger partial charge in [0, 0.05) is 30.9 Å². The molecule has 0 spiro atoms. The number of morpholine rings is 1. The molecule has 0 unspecified atom stereocenters. The minimum Gasteiger partial charge on any atom is -0.465 e. The van der Waals surface area contributed by atoms with Crippen LogP contribution in [0, 0.1) is 18.6 Å². The number of nitrogens with one attached hydrogen (secondary N) is 1. The number of imidazole rings is 1. The molecule has 2 aromatic heterocycles. The number of ether oxygens (including phenoxy) is 1. The van der Waals surface area contributed by atoms with Crippen LogP contribution in [0.1, 0.15) is 36.9 Å². The van der Waals surface area contributed by atoms with Gasteiger partial charge in [-0.2, -0.15) is 0 Å². The summed E-state index contributed by atoms with van der Waals surface area (Å²) in [6, 6.07) is 6.33. The number of amides is 1. The van der Waals surface area contributed by atoms with Crippen molar-refractivity contribution >= 4 is 17.4 Å². The number of pyridine rings is 1. The molecule has 5 rings (SSSR count). The van der Waals surface area contributed by atoms with E-state index in [1.165, 1.54) is 17.0 Å². The predicted molar refractivity (Wildman–Crippen MR) is 130 cm³/mol. The van der Waals surface area contributed by atoms with Crippen molar-refractivity contribution in [1.29, 1.82) is 0 Å². The number of fused-ring (bicyclic) bond motifs is 1. The van der Waals surface area contributed by atoms with Crippen LogP contribution >= 0.6 is 0 Å². The first-order chi connectivity index (χ1) is 17.3. The third-order valence-electron chi connectivity index (χ3n) is 7.06. The number of carboxylic acid groups (broad SMARTS) is 1. The summed E-state index contributed by atoms with van der Waals surface area (Å²) < 4.78 is 38.5. The average molecular weight is 501 g/mol. The number of hydrogen-bond acceptors (Lipinski definition) is 5. The number of benzene rings is 1. The Morgan fingerprint density at radius 3 is 2.61 bits per heavy atom. The van der Waals surface area contributed by atoms with Gasteiger partial charge in [-0.1, -0.05) is 0 Å². The van der Waals surface area contributed by atoms with Gasteiger partial charge in [0.25, 0.3) is 0 Å². The van der Waals surface area contributed by atoms with Crippen molar-refractivity contribution in [3.05, 3.63) is 53.4 Å². The van der Waals surface area contributed by atoms with Gasteiger partial charge in [0.15, 0.2) is 0 Å². The number of aryl methyl sites for hydroxylation is 1. The van der Waals surface area contributed by atoms with Crippen LogP contribution in [-0.2, 0) is 11.2 Å². The molecule has 3 N–H and O–H groups in total. The Hall–Kier alpha value is -3.24. The molecular weight excluding hydrogens is 470 g/mol. The molecule has 3 aromatic rings. The van der Waals surface area contributed by atoms with Gasteiger partial charge in [0.2, 0.25) is 0 Å². The monoisotopic (exact) mass is 500 g/mol. The number of aromatic nitrogens is 2. The van der Waals surface area contributed by atoms with Crippen molar-refractivity contribution < 1.29 is 28.5 Å². The van der Waals surface area contributed by atoms with Crippen molar-refractivity contribution in [2.75, 3.05) is 25.0 Å². The first-order valence-corrected chi connectivity index (χ1v) is 12.3. The zero-order valence-corrected chi connectivity index (χ0v) is 20.1. The third kappa shape index (κ3) is 5.01. The maximum absolute atomic E-state index is 15.5. The van der Waals surface area contributed by atoms with Gasteiger partial charge >= 0.3 is 6.09 Å². The van der Waals surface area contributed by atoms with Crippen LogP contribution < -0.4 is 5.32 Å². The standard InChI is InChI=1S/C26H30F2N4O4/c1-15-6-7-32-22(13-19-14-31(26(34)35)8-9-36-19)25(30-23(32)10-15)24-20(27)11-17(12-21(24)28)29-16-2-4-18(33)5-3-16/h6-7,10-12,16,18-19,29,33H,2-5,8-9,13-14H2,1H3,(H,34,35)/t16?,18?,19-/m0/s1. The predicted octanol–water partition coefficient (Wildman–Crippen LogP) is 4.22. The summed E-state index contributed by atoms with van der Waals surface area (Å²) in [7, 11) is 0. The number of aliphatic hydroxyl groups excluding tert-OH is 1. The largest absolute Gasteiger partial charge is 0.465 e. The molecule has 10 heteroatoms. The number of nitrogens with zero attached hydrogens (tertiary/aromatic N) is 3. The van der Waals surface area contributed by atoms with Crippen molar-refractivity contribution in [1.82, 2.24) is 14.3 Å². The molecule has 1 amide bonds. The van der Waals surface area contributed by atoms with E-state index in [-0.39, 0.29) is 49.5 Å².